The molecule has 3 heteroatoms. The molecule has 7 atom stereocenters. The van der Waals surface area contributed by atoms with Crippen molar-refractivity contribution in [3.8, 4) is 0 Å². The summed E-state index contributed by atoms with van der Waals surface area (Å²) in [5, 5.41) is 0. The van der Waals surface area contributed by atoms with Crippen molar-refractivity contribution < 1.29 is 14.3 Å². The van der Waals surface area contributed by atoms with E-state index in [1.165, 1.54) is 39.0 Å². The van der Waals surface area contributed by atoms with Crippen molar-refractivity contribution in [2.75, 3.05) is 0 Å². The lowest BCUT2D eigenvalue weighted by Crippen LogP contribution is -2.52. The number of ketones is 1. The minimum Gasteiger partial charge on any atom is -0.463 e. The zero-order valence-electron chi connectivity index (χ0n) is 16.8. The maximum Gasteiger partial charge on any atom is 0.302 e. The zero-order valence-corrected chi connectivity index (χ0v) is 16.8. The largest absolute Gasteiger partial charge is 0.463 e. The molecule has 3 nitrogen and oxygen atoms in total. The van der Waals surface area contributed by atoms with Gasteiger partial charge in [0.25, 0.3) is 0 Å². The molecule has 0 aromatic heterocycles. The molecule has 144 valence electrons. The molecule has 4 aliphatic carbocycles. The normalized spacial score (nSPS) is 47.2. The Balaban J connectivity index is 1.56. The number of hydrogen-bond acceptors (Lipinski definition) is 3. The minimum absolute atomic E-state index is 0.116. The van der Waals surface area contributed by atoms with Gasteiger partial charge in [-0.1, -0.05) is 25.5 Å². The minimum atomic E-state index is -0.132. The maximum atomic E-state index is 12.2. The van der Waals surface area contributed by atoms with Crippen LogP contribution in [0.5, 0.6) is 0 Å². The second-order valence-electron chi connectivity index (χ2n) is 10.0. The monoisotopic (exact) mass is 358 g/mol. The van der Waals surface area contributed by atoms with Gasteiger partial charge >= 0.3 is 5.97 Å². The molecule has 0 radical (unpaired) electrons. The van der Waals surface area contributed by atoms with E-state index in [2.05, 4.69) is 19.9 Å². The number of fused-ring (bicyclic) bond motifs is 5. The lowest BCUT2D eigenvalue weighted by molar-refractivity contribution is -0.155. The van der Waals surface area contributed by atoms with Crippen molar-refractivity contribution in [1.29, 1.82) is 0 Å². The number of allylic oxidation sites excluding steroid dienone is 2. The molecule has 3 saturated carbocycles. The molecule has 26 heavy (non-hydrogen) atoms. The van der Waals surface area contributed by atoms with Crippen LogP contribution in [0.25, 0.3) is 0 Å². The Morgan fingerprint density at radius 2 is 1.85 bits per heavy atom. The first kappa shape index (κ1) is 18.3. The molecule has 0 aromatic rings. The Kier molecular flexibility index (Phi) is 4.36. The molecule has 0 aliphatic heterocycles. The lowest BCUT2D eigenvalue weighted by atomic mass is 9.46. The van der Waals surface area contributed by atoms with Crippen LogP contribution in [0.3, 0.4) is 0 Å². The highest BCUT2D eigenvalue weighted by atomic mass is 16.5. The van der Waals surface area contributed by atoms with Gasteiger partial charge in [0.2, 0.25) is 0 Å². The van der Waals surface area contributed by atoms with Crippen LogP contribution < -0.4 is 0 Å². The van der Waals surface area contributed by atoms with Gasteiger partial charge < -0.3 is 4.74 Å². The third-order valence-corrected chi connectivity index (χ3v) is 8.84. The predicted octanol–water partition coefficient (Wildman–Crippen LogP) is 5.09. The quantitative estimate of drug-likeness (QED) is 0.510. The lowest BCUT2D eigenvalue weighted by Gasteiger charge is -2.59. The van der Waals surface area contributed by atoms with E-state index in [9.17, 15) is 9.59 Å². The van der Waals surface area contributed by atoms with E-state index >= 15 is 0 Å². The highest BCUT2D eigenvalue weighted by Crippen LogP contribution is 2.66. The number of ether oxygens (including phenoxy) is 1. The third kappa shape index (κ3) is 2.60. The number of carbonyl (C=O) groups excluding carboxylic acids is 2. The van der Waals surface area contributed by atoms with E-state index in [-0.39, 0.29) is 23.4 Å². The highest BCUT2D eigenvalue weighted by Gasteiger charge is 2.58. The van der Waals surface area contributed by atoms with Crippen LogP contribution in [0, 0.1) is 34.5 Å². The van der Waals surface area contributed by atoms with Crippen LogP contribution in [-0.2, 0) is 14.3 Å². The maximum absolute atomic E-state index is 12.2. The molecule has 4 aliphatic rings. The SMILES string of the molecule is CC(=O)OC1CCC2(C)C(CCC3C4=CCC(C(C)=O)C4(C)CCC32)C1. The first-order valence-electron chi connectivity index (χ1n) is 10.6. The average Bonchev–Trinajstić information content (AvgIpc) is 2.92. The second-order valence-corrected chi connectivity index (χ2v) is 10.0. The van der Waals surface area contributed by atoms with Crippen LogP contribution in [0.1, 0.15) is 79.1 Å². The Hall–Kier alpha value is -1.12. The molecule has 0 amide bonds. The summed E-state index contributed by atoms with van der Waals surface area (Å²) in [6.45, 7) is 8.19. The Morgan fingerprint density at radius 3 is 2.54 bits per heavy atom. The van der Waals surface area contributed by atoms with E-state index in [1.807, 2.05) is 0 Å². The van der Waals surface area contributed by atoms with Crippen LogP contribution in [-0.4, -0.2) is 17.9 Å². The van der Waals surface area contributed by atoms with E-state index in [0.717, 1.165) is 25.2 Å². The second kappa shape index (κ2) is 6.21. The molecular formula is C23H34O3. The molecule has 0 N–H and O–H groups in total. The van der Waals surface area contributed by atoms with Crippen LogP contribution in [0.2, 0.25) is 0 Å². The van der Waals surface area contributed by atoms with Gasteiger partial charge in [-0.3, -0.25) is 9.59 Å². The molecule has 0 bridgehead atoms. The first-order valence-corrected chi connectivity index (χ1v) is 10.6. The van der Waals surface area contributed by atoms with E-state index < -0.39 is 0 Å². The molecular weight excluding hydrogens is 324 g/mol. The number of Topliss-reactive ketones (excluding diaryl/α,β-unsaturated/α-hetero) is 1. The number of hydrogen-bond donors (Lipinski definition) is 0. The smallest absolute Gasteiger partial charge is 0.302 e. The van der Waals surface area contributed by atoms with E-state index in [1.54, 1.807) is 12.5 Å². The molecule has 0 aromatic carbocycles. The first-order chi connectivity index (χ1) is 12.3. The van der Waals surface area contributed by atoms with Crippen LogP contribution >= 0.6 is 0 Å². The third-order valence-electron chi connectivity index (χ3n) is 8.84. The van der Waals surface area contributed by atoms with Crippen molar-refractivity contribution >= 4 is 11.8 Å². The fraction of sp³-hybridized carbons (Fsp3) is 0.826. The summed E-state index contributed by atoms with van der Waals surface area (Å²) in [4.78, 5) is 23.6. The fourth-order valence-electron chi connectivity index (χ4n) is 7.51. The number of carbonyl (C=O) groups is 2. The predicted molar refractivity (Wildman–Crippen MR) is 101 cm³/mol. The summed E-state index contributed by atoms with van der Waals surface area (Å²) in [5.41, 5.74) is 2.11. The Labute approximate surface area is 157 Å². The highest BCUT2D eigenvalue weighted by molar-refractivity contribution is 5.80. The van der Waals surface area contributed by atoms with Crippen LogP contribution in [0.4, 0.5) is 0 Å². The summed E-state index contributed by atoms with van der Waals surface area (Å²) in [5.74, 6) is 2.54. The van der Waals surface area contributed by atoms with Gasteiger partial charge in [0.1, 0.15) is 11.9 Å². The van der Waals surface area contributed by atoms with Gasteiger partial charge in [0.05, 0.1) is 0 Å². The van der Waals surface area contributed by atoms with E-state index in [4.69, 9.17) is 4.74 Å². The van der Waals surface area contributed by atoms with Crippen molar-refractivity contribution in [3.05, 3.63) is 11.6 Å². The van der Waals surface area contributed by atoms with Gasteiger partial charge in [0, 0.05) is 12.8 Å². The molecule has 0 spiro atoms. The van der Waals surface area contributed by atoms with Gasteiger partial charge in [-0.2, -0.15) is 0 Å². The molecule has 4 rings (SSSR count). The number of rotatable bonds is 2. The number of esters is 1. The average molecular weight is 359 g/mol. The molecule has 0 heterocycles. The summed E-state index contributed by atoms with van der Waals surface area (Å²) >= 11 is 0. The summed E-state index contributed by atoms with van der Waals surface area (Å²) in [6.07, 6.45) is 11.7. The van der Waals surface area contributed by atoms with Crippen LogP contribution in [0.15, 0.2) is 11.6 Å². The molecule has 3 fully saturated rings. The summed E-state index contributed by atoms with van der Waals surface area (Å²) in [7, 11) is 0. The summed E-state index contributed by atoms with van der Waals surface area (Å²) in [6, 6.07) is 0. The standard InChI is InChI=1S/C23H34O3/c1-14(24)19-7-8-20-18-6-5-16-13-17(26-15(2)25)9-11-22(16,3)21(18)10-12-23(19,20)4/h8,16-19,21H,5-7,9-13H2,1-4H3. The molecule has 0 saturated heterocycles. The van der Waals surface area contributed by atoms with E-state index in [0.29, 0.717) is 23.0 Å². The fourth-order valence-corrected chi connectivity index (χ4v) is 7.51. The van der Waals surface area contributed by atoms with Gasteiger partial charge in [0.15, 0.2) is 0 Å². The van der Waals surface area contributed by atoms with Crippen molar-refractivity contribution in [1.82, 2.24) is 0 Å². The van der Waals surface area contributed by atoms with Gasteiger partial charge in [-0.05, 0) is 86.9 Å². The Morgan fingerprint density at radius 1 is 1.08 bits per heavy atom. The van der Waals surface area contributed by atoms with Gasteiger partial charge in [-0.25, -0.2) is 0 Å². The van der Waals surface area contributed by atoms with Gasteiger partial charge in [-0.15, -0.1) is 0 Å². The zero-order chi connectivity index (χ0) is 18.7. The van der Waals surface area contributed by atoms with Crippen molar-refractivity contribution in [2.45, 2.75) is 85.2 Å². The van der Waals surface area contributed by atoms with Crippen molar-refractivity contribution in [2.24, 2.45) is 34.5 Å². The van der Waals surface area contributed by atoms with Crippen molar-refractivity contribution in [3.63, 3.8) is 0 Å². The topological polar surface area (TPSA) is 43.4 Å². The Bertz CT molecular complexity index is 650. The molecule has 7 unspecified atom stereocenters. The summed E-state index contributed by atoms with van der Waals surface area (Å²) < 4.78 is 5.56.